The maximum atomic E-state index is 0. The molecule has 4 heavy (non-hydrogen) atoms. The molecule has 0 bridgehead atoms. The van der Waals surface area contributed by atoms with Gasteiger partial charge in [0.2, 0.25) is 0 Å². The quantitative estimate of drug-likeness (QED) is 0.481. The molecule has 1 radical (unpaired) electrons. The van der Waals surface area contributed by atoms with Gasteiger partial charge in [-0.15, -0.1) is 0 Å². The monoisotopic (exact) mass is 212 g/mol. The molecular weight excluding hydrogens is 212 g/mol. The van der Waals surface area contributed by atoms with Crippen molar-refractivity contribution in [3.05, 3.63) is 0 Å². The van der Waals surface area contributed by atoms with Gasteiger partial charge in [-0.05, 0) is 0 Å². The van der Waals surface area contributed by atoms with Crippen LogP contribution < -0.4 is 0 Å². The molecule has 2 nitrogen and oxygen atoms in total. The van der Waals surface area contributed by atoms with Crippen molar-refractivity contribution in [3.8, 4) is 0 Å². The molecule has 4 heteroatoms. The summed E-state index contributed by atoms with van der Waals surface area (Å²) in [6.07, 6.45) is 0. The smallest absolute Gasteiger partial charge is 2.00 e. The second-order valence-corrected chi connectivity index (χ2v) is 0. The molecule has 0 atom stereocenters. The minimum Gasteiger partial charge on any atom is -2.00 e. The summed E-state index contributed by atoms with van der Waals surface area (Å²) in [5.41, 5.74) is 0. The molecule has 0 spiro atoms. The van der Waals surface area contributed by atoms with E-state index >= 15 is 0 Å². The van der Waals surface area contributed by atoms with Crippen molar-refractivity contribution in [3.63, 3.8) is 0 Å². The zero-order valence-corrected chi connectivity index (χ0v) is 7.37. The van der Waals surface area contributed by atoms with Crippen LogP contribution in [0, 0.1) is 41.7 Å². The first-order valence-corrected chi connectivity index (χ1v) is 0. The predicted molar refractivity (Wildman–Crippen MR) is 7.13 cm³/mol. The Hall–Kier alpha value is 2.56. The molecule has 0 heterocycles. The molecule has 0 fully saturated rings. The Labute approximate surface area is 88.3 Å². The van der Waals surface area contributed by atoms with Crippen LogP contribution in [-0.4, -0.2) is 37.7 Å². The summed E-state index contributed by atoms with van der Waals surface area (Å²) < 4.78 is 0. The van der Waals surface area contributed by atoms with E-state index in [-0.39, 0.29) is 90.4 Å². The van der Waals surface area contributed by atoms with E-state index in [1.807, 2.05) is 0 Å². The van der Waals surface area contributed by atoms with E-state index < -0.39 is 0 Å². The topological polar surface area (TPSA) is 57.0 Å². The fourth-order valence-electron chi connectivity index (χ4n) is 0. The molecule has 0 aromatic rings. The average Bonchev–Trinajstić information content (AvgIpc) is 0. The van der Waals surface area contributed by atoms with Gasteiger partial charge >= 0.3 is 79.5 Å². The summed E-state index contributed by atoms with van der Waals surface area (Å²) >= 11 is 0. The van der Waals surface area contributed by atoms with Gasteiger partial charge in [-0.1, -0.05) is 0 Å². The van der Waals surface area contributed by atoms with Crippen molar-refractivity contribution in [2.75, 3.05) is 0 Å². The Bertz CT molecular complexity index is 6.00. The molecular formula is CaCeO2+. The van der Waals surface area contributed by atoms with E-state index in [0.717, 1.165) is 0 Å². The number of rotatable bonds is 0. The predicted octanol–water partition coefficient (Wildman–Crippen LogP) is -0.618. The molecule has 0 amide bonds. The molecule has 0 N–H and O–H groups in total. The molecule has 0 saturated carbocycles. The van der Waals surface area contributed by atoms with Gasteiger partial charge in [-0.2, -0.15) is 0 Å². The molecule has 0 aliphatic heterocycles. The summed E-state index contributed by atoms with van der Waals surface area (Å²) in [5, 5.41) is 0. The third-order valence-electron chi connectivity index (χ3n) is 0. The van der Waals surface area contributed by atoms with Crippen LogP contribution in [0.3, 0.4) is 0 Å². The summed E-state index contributed by atoms with van der Waals surface area (Å²) in [7, 11) is 0. The van der Waals surface area contributed by atoms with Gasteiger partial charge in [0.15, 0.2) is 0 Å². The molecule has 0 aliphatic rings. The fraction of sp³-hybridized carbons (Fsp3) is 0. The second kappa shape index (κ2) is 17.7. The van der Waals surface area contributed by atoms with Crippen LogP contribution in [0.2, 0.25) is 0 Å². The zero-order chi connectivity index (χ0) is 0. The first-order valence-electron chi connectivity index (χ1n) is 0. The van der Waals surface area contributed by atoms with E-state index in [9.17, 15) is 0 Å². The van der Waals surface area contributed by atoms with Crippen molar-refractivity contribution in [2.45, 2.75) is 0 Å². The number of hydrogen-bond donors (Lipinski definition) is 0. The van der Waals surface area contributed by atoms with Gasteiger partial charge in [-0.25, -0.2) is 0 Å². The largest absolute Gasteiger partial charge is 3.00 e. The van der Waals surface area contributed by atoms with Crippen molar-refractivity contribution in [2.24, 2.45) is 0 Å². The summed E-state index contributed by atoms with van der Waals surface area (Å²) in [4.78, 5) is 0. The van der Waals surface area contributed by atoms with Gasteiger partial charge in [0.1, 0.15) is 0 Å². The molecule has 0 rings (SSSR count). The van der Waals surface area contributed by atoms with Gasteiger partial charge < -0.3 is 11.0 Å². The van der Waals surface area contributed by atoms with Crippen LogP contribution in [0.1, 0.15) is 0 Å². The van der Waals surface area contributed by atoms with Crippen molar-refractivity contribution in [1.29, 1.82) is 0 Å². The first-order chi connectivity index (χ1) is 0. The van der Waals surface area contributed by atoms with E-state index in [4.69, 9.17) is 0 Å². The van der Waals surface area contributed by atoms with Crippen molar-refractivity contribution >= 4 is 37.7 Å². The van der Waals surface area contributed by atoms with Gasteiger partial charge in [0.25, 0.3) is 0 Å². The van der Waals surface area contributed by atoms with Gasteiger partial charge in [-0.3, -0.25) is 0 Å². The van der Waals surface area contributed by atoms with Crippen molar-refractivity contribution in [1.82, 2.24) is 0 Å². The summed E-state index contributed by atoms with van der Waals surface area (Å²) in [6, 6.07) is 0. The standard InChI is InChI=1S/Ca.Ce.2O/q+2;+3;2*-2. The van der Waals surface area contributed by atoms with Crippen LogP contribution in [0.5, 0.6) is 0 Å². The Morgan fingerprint density at radius 3 is 0.750 bits per heavy atom. The van der Waals surface area contributed by atoms with Crippen LogP contribution in [0.25, 0.3) is 0 Å². The first kappa shape index (κ1) is 31.0. The van der Waals surface area contributed by atoms with E-state index in [0.29, 0.717) is 0 Å². The number of hydrogen-bond acceptors (Lipinski definition) is 0. The third kappa shape index (κ3) is 8.82. The van der Waals surface area contributed by atoms with E-state index in [1.54, 1.807) is 0 Å². The third-order valence-corrected chi connectivity index (χ3v) is 0. The molecule has 0 aromatic heterocycles. The maximum absolute atomic E-state index is 0. The second-order valence-electron chi connectivity index (χ2n) is 0. The minimum absolute atomic E-state index is 0. The van der Waals surface area contributed by atoms with Crippen LogP contribution >= 0.6 is 0 Å². The Balaban J connectivity index is 0. The zero-order valence-electron chi connectivity index (χ0n) is 2.02. The fourth-order valence-corrected chi connectivity index (χ4v) is 0. The van der Waals surface area contributed by atoms with E-state index in [1.165, 1.54) is 0 Å². The average molecular weight is 212 g/mol. The molecule has 0 saturated heterocycles. The van der Waals surface area contributed by atoms with Crippen LogP contribution in [-0.2, 0) is 11.0 Å². The Morgan fingerprint density at radius 2 is 0.750 bits per heavy atom. The van der Waals surface area contributed by atoms with Gasteiger partial charge in [0, 0.05) is 0 Å². The molecule has 0 unspecified atom stereocenters. The normalized spacial score (nSPS) is 0. The summed E-state index contributed by atoms with van der Waals surface area (Å²) in [5.74, 6) is 0. The van der Waals surface area contributed by atoms with Crippen LogP contribution in [0.15, 0.2) is 0 Å². The molecule has 0 aliphatic carbocycles. The van der Waals surface area contributed by atoms with E-state index in [2.05, 4.69) is 0 Å². The van der Waals surface area contributed by atoms with Crippen LogP contribution in [0.4, 0.5) is 0 Å². The van der Waals surface area contributed by atoms with Crippen molar-refractivity contribution < 1.29 is 52.7 Å². The minimum atomic E-state index is 0. The summed E-state index contributed by atoms with van der Waals surface area (Å²) in [6.45, 7) is 0. The Morgan fingerprint density at radius 1 is 0.750 bits per heavy atom. The Kier molecular flexibility index (Phi) is 137. The molecule has 17 valence electrons. The maximum Gasteiger partial charge on any atom is 3.00 e. The molecule has 0 aromatic carbocycles. The SMILES string of the molecule is [Ca+2].[Ce+3].[O-2].[O-2]. The van der Waals surface area contributed by atoms with Gasteiger partial charge in [0.05, 0.1) is 0 Å².